The zero-order chi connectivity index (χ0) is 46.5. The van der Waals surface area contributed by atoms with E-state index in [0.29, 0.717) is 38.5 Å². The summed E-state index contributed by atoms with van der Waals surface area (Å²) in [6.07, 6.45) is 5.78. The standard InChI is InChI=1S/C52H83NO11/c1-8-9-10-13-35-24-52(46(60)61)21-20-47(2,30-55)25-37(52)36-23-34(12-11-22-54)43-48(3)26-39(62-28-33-16-14-32(15-17-33)27-53-7)44(64-45-42(59)41(58)38(57)29-63-45)49(4,31-56)40(48)18-19-50(43,5)51(35,36)6/h14-17,23,34-35,37-45,53-59H,8-13,18-22,24-31H2,1-7H3,(H,60,61). The van der Waals surface area contributed by atoms with Gasteiger partial charge in [-0.15, -0.1) is 0 Å². The van der Waals surface area contributed by atoms with Crippen molar-refractivity contribution in [3.05, 3.63) is 47.0 Å². The SMILES string of the molecule is CCCCCC1CC2(C(=O)O)CCC(C)(CO)CC2C2=CC(CCCO)C3C4(C)CC(OCc5ccc(CNC)cc5)C(OC5OCC(O)C(O)C5O)C(C)(CO)C4CCC3(C)C21C. The molecule has 1 aromatic rings. The van der Waals surface area contributed by atoms with Crippen LogP contribution in [0.2, 0.25) is 0 Å². The number of rotatable bonds is 17. The maximum absolute atomic E-state index is 13.9. The van der Waals surface area contributed by atoms with Gasteiger partial charge in [0.1, 0.15) is 18.3 Å². The Kier molecular flexibility index (Phi) is 15.0. The van der Waals surface area contributed by atoms with Gasteiger partial charge in [0.15, 0.2) is 6.29 Å². The lowest BCUT2D eigenvalue weighted by molar-refractivity contribution is -0.334. The summed E-state index contributed by atoms with van der Waals surface area (Å²) < 4.78 is 19.8. The maximum Gasteiger partial charge on any atom is 0.310 e. The normalized spacial score (nSPS) is 45.4. The van der Waals surface area contributed by atoms with Gasteiger partial charge in [-0.25, -0.2) is 0 Å². The van der Waals surface area contributed by atoms with Crippen molar-refractivity contribution < 1.29 is 54.8 Å². The van der Waals surface area contributed by atoms with Crippen LogP contribution >= 0.6 is 0 Å². The van der Waals surface area contributed by atoms with Crippen LogP contribution in [0.3, 0.4) is 0 Å². The Bertz CT molecular complexity index is 1790. The molecule has 6 aliphatic rings. The van der Waals surface area contributed by atoms with Crippen LogP contribution in [0.4, 0.5) is 0 Å². The average Bonchev–Trinajstić information content (AvgIpc) is 3.27. The summed E-state index contributed by atoms with van der Waals surface area (Å²) in [5, 5.41) is 80.0. The minimum Gasteiger partial charge on any atom is -0.481 e. The number of aliphatic carboxylic acids is 1. The Morgan fingerprint density at radius 1 is 0.875 bits per heavy atom. The Morgan fingerprint density at radius 2 is 1.59 bits per heavy atom. The second kappa shape index (κ2) is 19.2. The third-order valence-electron chi connectivity index (χ3n) is 19.1. The molecule has 1 saturated heterocycles. The number of ether oxygens (including phenoxy) is 3. The van der Waals surface area contributed by atoms with Crippen molar-refractivity contribution in [1.29, 1.82) is 0 Å². The van der Waals surface area contributed by atoms with Gasteiger partial charge in [0.2, 0.25) is 0 Å². The monoisotopic (exact) mass is 898 g/mol. The first kappa shape index (κ1) is 49.9. The minimum absolute atomic E-state index is 0.00265. The highest BCUT2D eigenvalue weighted by atomic mass is 16.7. The molecule has 17 atom stereocenters. The molecule has 362 valence electrons. The molecule has 0 amide bonds. The lowest BCUT2D eigenvalue weighted by Crippen LogP contribution is -2.71. The Morgan fingerprint density at radius 3 is 2.23 bits per heavy atom. The number of nitrogens with one attached hydrogen (secondary N) is 1. The molecular weight excluding hydrogens is 815 g/mol. The molecule has 1 aromatic carbocycles. The van der Waals surface area contributed by atoms with Crippen molar-refractivity contribution >= 4 is 5.97 Å². The number of hydrogen-bond donors (Lipinski definition) is 8. The molecule has 0 bridgehead atoms. The van der Waals surface area contributed by atoms with Gasteiger partial charge >= 0.3 is 5.97 Å². The summed E-state index contributed by atoms with van der Waals surface area (Å²) in [5.74, 6) is -0.828. The zero-order valence-corrected chi connectivity index (χ0v) is 39.9. The maximum atomic E-state index is 13.9. The topological polar surface area (TPSA) is 198 Å². The van der Waals surface area contributed by atoms with Gasteiger partial charge in [0.05, 0.1) is 37.4 Å². The van der Waals surface area contributed by atoms with Gasteiger partial charge in [0.25, 0.3) is 0 Å². The van der Waals surface area contributed by atoms with Crippen LogP contribution in [0, 0.1) is 62.1 Å². The van der Waals surface area contributed by atoms with Crippen LogP contribution in [0.5, 0.6) is 0 Å². The Labute approximate surface area is 382 Å². The number of hydrogen-bond acceptors (Lipinski definition) is 11. The Balaban J connectivity index is 1.37. The van der Waals surface area contributed by atoms with E-state index in [9.17, 15) is 40.5 Å². The van der Waals surface area contributed by atoms with Crippen LogP contribution in [-0.4, -0.2) is 112 Å². The van der Waals surface area contributed by atoms with Gasteiger partial charge in [-0.2, -0.15) is 0 Å². The molecule has 0 spiro atoms. The fourth-order valence-electron chi connectivity index (χ4n) is 15.6. The molecule has 8 N–H and O–H groups in total. The number of unbranched alkanes of at least 4 members (excludes halogenated alkanes) is 2. The molecule has 0 aromatic heterocycles. The van der Waals surface area contributed by atoms with Crippen LogP contribution in [0.25, 0.3) is 0 Å². The molecule has 5 fully saturated rings. The molecule has 7 rings (SSSR count). The minimum atomic E-state index is -1.51. The number of carbonyl (C=O) groups is 1. The fraction of sp³-hybridized carbons (Fsp3) is 0.827. The van der Waals surface area contributed by atoms with E-state index in [-0.39, 0.29) is 78.9 Å². The van der Waals surface area contributed by atoms with E-state index in [1.807, 2.05) is 7.05 Å². The summed E-state index contributed by atoms with van der Waals surface area (Å²) in [4.78, 5) is 13.9. The van der Waals surface area contributed by atoms with E-state index in [0.717, 1.165) is 62.6 Å². The van der Waals surface area contributed by atoms with E-state index >= 15 is 0 Å². The molecule has 5 aliphatic carbocycles. The predicted molar refractivity (Wildman–Crippen MR) is 244 cm³/mol. The second-order valence-corrected chi connectivity index (χ2v) is 22.8. The highest BCUT2D eigenvalue weighted by Crippen LogP contribution is 2.78. The van der Waals surface area contributed by atoms with Crippen molar-refractivity contribution in [2.45, 2.75) is 175 Å². The van der Waals surface area contributed by atoms with E-state index in [2.05, 4.69) is 77.2 Å². The number of allylic oxidation sites excluding steroid dienone is 2. The summed E-state index contributed by atoms with van der Waals surface area (Å²) in [7, 11) is 1.92. The molecule has 64 heavy (non-hydrogen) atoms. The highest BCUT2D eigenvalue weighted by Gasteiger charge is 2.74. The quantitative estimate of drug-likeness (QED) is 0.0490. The van der Waals surface area contributed by atoms with E-state index < -0.39 is 59.0 Å². The van der Waals surface area contributed by atoms with Crippen molar-refractivity contribution in [2.24, 2.45) is 62.1 Å². The third kappa shape index (κ3) is 8.27. The molecule has 12 nitrogen and oxygen atoms in total. The number of carboxylic acids is 1. The van der Waals surface area contributed by atoms with Crippen LogP contribution < -0.4 is 5.32 Å². The summed E-state index contributed by atoms with van der Waals surface area (Å²) in [6.45, 7) is 14.4. The van der Waals surface area contributed by atoms with Crippen LogP contribution in [-0.2, 0) is 32.2 Å². The van der Waals surface area contributed by atoms with Crippen molar-refractivity contribution in [1.82, 2.24) is 5.32 Å². The molecular formula is C52H83NO11. The summed E-state index contributed by atoms with van der Waals surface area (Å²) in [5.41, 5.74) is 0.0959. The summed E-state index contributed by atoms with van der Waals surface area (Å²) >= 11 is 0. The van der Waals surface area contributed by atoms with Gasteiger partial charge in [0, 0.05) is 25.2 Å². The lowest BCUT2D eigenvalue weighted by Gasteiger charge is -2.74. The molecule has 4 saturated carbocycles. The van der Waals surface area contributed by atoms with Gasteiger partial charge < -0.3 is 55.3 Å². The number of aliphatic hydroxyl groups excluding tert-OH is 6. The first-order valence-corrected chi connectivity index (χ1v) is 24.8. The van der Waals surface area contributed by atoms with Gasteiger partial charge in [-0.1, -0.05) is 96.7 Å². The van der Waals surface area contributed by atoms with E-state index in [4.69, 9.17) is 14.2 Å². The number of benzene rings is 1. The van der Waals surface area contributed by atoms with Crippen LogP contribution in [0.1, 0.15) is 136 Å². The zero-order valence-electron chi connectivity index (χ0n) is 39.9. The molecule has 1 aliphatic heterocycles. The summed E-state index contributed by atoms with van der Waals surface area (Å²) in [6, 6.07) is 8.29. The fourth-order valence-corrected chi connectivity index (χ4v) is 15.6. The molecule has 1 heterocycles. The molecule has 17 unspecified atom stereocenters. The van der Waals surface area contributed by atoms with Crippen molar-refractivity contribution in [2.75, 3.05) is 33.5 Å². The third-order valence-corrected chi connectivity index (χ3v) is 19.1. The predicted octanol–water partition coefficient (Wildman–Crippen LogP) is 6.36. The van der Waals surface area contributed by atoms with Crippen LogP contribution in [0.15, 0.2) is 35.9 Å². The average molecular weight is 898 g/mol. The lowest BCUT2D eigenvalue weighted by atomic mass is 9.30. The molecule has 12 heteroatoms. The second-order valence-electron chi connectivity index (χ2n) is 22.8. The first-order chi connectivity index (χ1) is 30.4. The van der Waals surface area contributed by atoms with E-state index in [1.54, 1.807) is 0 Å². The number of carboxylic acid groups (broad SMARTS) is 1. The van der Waals surface area contributed by atoms with Crippen molar-refractivity contribution in [3.63, 3.8) is 0 Å². The number of aliphatic hydroxyl groups is 6. The van der Waals surface area contributed by atoms with E-state index in [1.165, 1.54) is 5.57 Å². The highest BCUT2D eigenvalue weighted by molar-refractivity contribution is 5.77. The van der Waals surface area contributed by atoms with Crippen molar-refractivity contribution in [3.8, 4) is 0 Å². The molecule has 0 radical (unpaired) electrons. The largest absolute Gasteiger partial charge is 0.481 e. The first-order valence-electron chi connectivity index (χ1n) is 24.8. The Hall–Kier alpha value is -1.97. The number of fused-ring (bicyclic) bond motifs is 7. The smallest absolute Gasteiger partial charge is 0.310 e. The van der Waals surface area contributed by atoms with Gasteiger partial charge in [-0.3, -0.25) is 4.79 Å². The van der Waals surface area contributed by atoms with Gasteiger partial charge in [-0.05, 0) is 134 Å².